The van der Waals surface area contributed by atoms with Crippen LogP contribution in [0.4, 0.5) is 0 Å². The van der Waals surface area contributed by atoms with Gasteiger partial charge in [0.2, 0.25) is 11.8 Å². The van der Waals surface area contributed by atoms with Gasteiger partial charge >= 0.3 is 5.97 Å². The molecule has 0 bridgehead atoms. The Kier molecular flexibility index (Phi) is 6.11. The Bertz CT molecular complexity index is 750. The van der Waals surface area contributed by atoms with E-state index in [0.29, 0.717) is 24.6 Å². The van der Waals surface area contributed by atoms with Gasteiger partial charge < -0.3 is 9.64 Å². The summed E-state index contributed by atoms with van der Waals surface area (Å²) in [5, 5.41) is 0. The van der Waals surface area contributed by atoms with Crippen molar-refractivity contribution >= 4 is 23.7 Å². The largest absolute Gasteiger partial charge is 0.449 e. The third kappa shape index (κ3) is 4.58. The molecule has 2 aliphatic rings. The van der Waals surface area contributed by atoms with Gasteiger partial charge in [0, 0.05) is 25.9 Å². The molecule has 28 heavy (non-hydrogen) atoms. The Morgan fingerprint density at radius 3 is 2.21 bits per heavy atom. The zero-order valence-corrected chi connectivity index (χ0v) is 16.3. The molecule has 2 saturated heterocycles. The number of carbonyl (C=O) groups excluding carboxylic acids is 4. The summed E-state index contributed by atoms with van der Waals surface area (Å²) < 4.78 is 5.34. The standard InChI is InChI=1S/C21H26N2O5/c1-14-9-11-22(12-10-14)20(26)15(2)28-21(27)17-5-3-16(4-6-17)13-23-18(24)7-8-19(23)25/h3-6,14-15H,7-13H2,1-2H3/t15-/m0/s1. The van der Waals surface area contributed by atoms with Gasteiger partial charge in [0.1, 0.15) is 0 Å². The van der Waals surface area contributed by atoms with Gasteiger partial charge in [-0.05, 0) is 43.4 Å². The van der Waals surface area contributed by atoms with Crippen molar-refractivity contribution in [2.24, 2.45) is 5.92 Å². The topological polar surface area (TPSA) is 84.0 Å². The van der Waals surface area contributed by atoms with Crippen LogP contribution in [0.25, 0.3) is 0 Å². The van der Waals surface area contributed by atoms with E-state index in [2.05, 4.69) is 6.92 Å². The number of esters is 1. The van der Waals surface area contributed by atoms with Crippen molar-refractivity contribution in [2.45, 2.75) is 52.2 Å². The summed E-state index contributed by atoms with van der Waals surface area (Å²) in [6.07, 6.45) is 1.61. The van der Waals surface area contributed by atoms with Crippen LogP contribution in [0.2, 0.25) is 0 Å². The van der Waals surface area contributed by atoms with Crippen LogP contribution in [-0.2, 0) is 25.7 Å². The molecule has 0 unspecified atom stereocenters. The lowest BCUT2D eigenvalue weighted by atomic mass is 9.99. The molecule has 0 spiro atoms. The van der Waals surface area contributed by atoms with Crippen LogP contribution < -0.4 is 0 Å². The molecule has 7 heteroatoms. The maximum Gasteiger partial charge on any atom is 0.338 e. The third-order valence-corrected chi connectivity index (χ3v) is 5.41. The van der Waals surface area contributed by atoms with Gasteiger partial charge in [0.25, 0.3) is 5.91 Å². The first kappa shape index (κ1) is 20.0. The molecule has 2 fully saturated rings. The molecule has 150 valence electrons. The van der Waals surface area contributed by atoms with Crippen molar-refractivity contribution in [1.82, 2.24) is 9.80 Å². The highest BCUT2D eigenvalue weighted by Crippen LogP contribution is 2.19. The summed E-state index contributed by atoms with van der Waals surface area (Å²) >= 11 is 0. The van der Waals surface area contributed by atoms with Crippen LogP contribution in [0, 0.1) is 5.92 Å². The first-order chi connectivity index (χ1) is 13.3. The first-order valence-corrected chi connectivity index (χ1v) is 9.77. The molecule has 3 rings (SSSR count). The fourth-order valence-corrected chi connectivity index (χ4v) is 3.49. The second-order valence-corrected chi connectivity index (χ2v) is 7.63. The van der Waals surface area contributed by atoms with Crippen LogP contribution in [0.15, 0.2) is 24.3 Å². The molecule has 0 aromatic heterocycles. The highest BCUT2D eigenvalue weighted by atomic mass is 16.5. The second-order valence-electron chi connectivity index (χ2n) is 7.63. The number of ether oxygens (including phenoxy) is 1. The van der Waals surface area contributed by atoms with Crippen molar-refractivity contribution in [2.75, 3.05) is 13.1 Å². The van der Waals surface area contributed by atoms with Gasteiger partial charge in [0.15, 0.2) is 6.10 Å². The number of rotatable bonds is 5. The number of piperidine rings is 1. The van der Waals surface area contributed by atoms with Crippen LogP contribution in [0.5, 0.6) is 0 Å². The smallest absolute Gasteiger partial charge is 0.338 e. The number of nitrogens with zero attached hydrogens (tertiary/aromatic N) is 2. The monoisotopic (exact) mass is 386 g/mol. The van der Waals surface area contributed by atoms with Crippen molar-refractivity contribution in [3.05, 3.63) is 35.4 Å². The fourth-order valence-electron chi connectivity index (χ4n) is 3.49. The molecule has 7 nitrogen and oxygen atoms in total. The SMILES string of the molecule is CC1CCN(C(=O)[C@H](C)OC(=O)c2ccc(CN3C(=O)CCC3=O)cc2)CC1. The van der Waals surface area contributed by atoms with Crippen LogP contribution in [0.3, 0.4) is 0 Å². The molecule has 0 radical (unpaired) electrons. The van der Waals surface area contributed by atoms with E-state index in [0.717, 1.165) is 18.4 Å². The maximum absolute atomic E-state index is 12.5. The lowest BCUT2D eigenvalue weighted by Crippen LogP contribution is -2.44. The van der Waals surface area contributed by atoms with Gasteiger partial charge in [-0.15, -0.1) is 0 Å². The summed E-state index contributed by atoms with van der Waals surface area (Å²) in [6, 6.07) is 6.55. The lowest BCUT2D eigenvalue weighted by Gasteiger charge is -2.31. The number of imide groups is 1. The maximum atomic E-state index is 12.5. The number of likely N-dealkylation sites (tertiary alicyclic amines) is 2. The Hall–Kier alpha value is -2.70. The van der Waals surface area contributed by atoms with Crippen molar-refractivity contribution in [1.29, 1.82) is 0 Å². The molecular weight excluding hydrogens is 360 g/mol. The zero-order valence-electron chi connectivity index (χ0n) is 16.3. The predicted molar refractivity (Wildman–Crippen MR) is 101 cm³/mol. The molecule has 1 aromatic carbocycles. The Balaban J connectivity index is 1.54. The number of hydrogen-bond acceptors (Lipinski definition) is 5. The quantitative estimate of drug-likeness (QED) is 0.572. The Labute approximate surface area is 164 Å². The predicted octanol–water partition coefficient (Wildman–Crippen LogP) is 2.14. The zero-order chi connectivity index (χ0) is 20.3. The lowest BCUT2D eigenvalue weighted by molar-refractivity contribution is -0.141. The Morgan fingerprint density at radius 1 is 1.07 bits per heavy atom. The van der Waals surface area contributed by atoms with Crippen LogP contribution in [-0.4, -0.2) is 52.7 Å². The second kappa shape index (κ2) is 8.54. The van der Waals surface area contributed by atoms with E-state index in [4.69, 9.17) is 4.74 Å². The number of hydrogen-bond donors (Lipinski definition) is 0. The van der Waals surface area contributed by atoms with Gasteiger partial charge in [-0.2, -0.15) is 0 Å². The van der Waals surface area contributed by atoms with Crippen LogP contribution in [0.1, 0.15) is 55.5 Å². The molecular formula is C21H26N2O5. The minimum atomic E-state index is -0.833. The highest BCUT2D eigenvalue weighted by molar-refractivity contribution is 6.01. The Morgan fingerprint density at radius 2 is 1.64 bits per heavy atom. The minimum Gasteiger partial charge on any atom is -0.449 e. The third-order valence-electron chi connectivity index (χ3n) is 5.41. The van der Waals surface area contributed by atoms with E-state index < -0.39 is 12.1 Å². The molecule has 3 amide bonds. The van der Waals surface area contributed by atoms with Gasteiger partial charge in [0.05, 0.1) is 12.1 Å². The molecule has 0 aliphatic carbocycles. The van der Waals surface area contributed by atoms with Crippen LogP contribution >= 0.6 is 0 Å². The molecule has 0 N–H and O–H groups in total. The molecule has 2 aliphatic heterocycles. The fraction of sp³-hybridized carbons (Fsp3) is 0.524. The highest BCUT2D eigenvalue weighted by Gasteiger charge is 2.29. The average molecular weight is 386 g/mol. The molecule has 1 aromatic rings. The van der Waals surface area contributed by atoms with E-state index in [1.165, 1.54) is 4.90 Å². The van der Waals surface area contributed by atoms with E-state index in [9.17, 15) is 19.2 Å². The number of carbonyl (C=O) groups is 4. The van der Waals surface area contributed by atoms with Gasteiger partial charge in [-0.1, -0.05) is 19.1 Å². The normalized spacial score (nSPS) is 19.1. The average Bonchev–Trinajstić information content (AvgIpc) is 3.00. The van der Waals surface area contributed by atoms with Crippen molar-refractivity contribution < 1.29 is 23.9 Å². The summed E-state index contributed by atoms with van der Waals surface area (Å²) in [4.78, 5) is 51.2. The van der Waals surface area contributed by atoms with Crippen molar-refractivity contribution in [3.8, 4) is 0 Å². The van der Waals surface area contributed by atoms with Gasteiger partial charge in [-0.3, -0.25) is 19.3 Å². The molecule has 2 heterocycles. The summed E-state index contributed by atoms with van der Waals surface area (Å²) in [6.45, 7) is 5.37. The van der Waals surface area contributed by atoms with Gasteiger partial charge in [-0.25, -0.2) is 4.79 Å². The van der Waals surface area contributed by atoms with E-state index in [-0.39, 0.29) is 37.1 Å². The number of benzene rings is 1. The molecule has 1 atom stereocenters. The van der Waals surface area contributed by atoms with Crippen molar-refractivity contribution in [3.63, 3.8) is 0 Å². The van der Waals surface area contributed by atoms with E-state index >= 15 is 0 Å². The summed E-state index contributed by atoms with van der Waals surface area (Å²) in [7, 11) is 0. The van der Waals surface area contributed by atoms with E-state index in [1.807, 2.05) is 0 Å². The first-order valence-electron chi connectivity index (χ1n) is 9.77. The summed E-state index contributed by atoms with van der Waals surface area (Å²) in [5.74, 6) is -0.457. The molecule has 0 saturated carbocycles. The number of amides is 3. The minimum absolute atomic E-state index is 0.164. The van der Waals surface area contributed by atoms with E-state index in [1.54, 1.807) is 36.1 Å². The summed E-state index contributed by atoms with van der Waals surface area (Å²) in [5.41, 5.74) is 1.08.